The van der Waals surface area contributed by atoms with Crippen molar-refractivity contribution in [2.45, 2.75) is 0 Å². The number of nitro groups is 1. The molecule has 5 heteroatoms. The Labute approximate surface area is 125 Å². The van der Waals surface area contributed by atoms with Gasteiger partial charge in [0, 0.05) is 35.5 Å². The molecule has 4 rings (SSSR count). The number of benzene rings is 2. The van der Waals surface area contributed by atoms with E-state index in [1.54, 1.807) is 12.1 Å². The monoisotopic (exact) mass is 289 g/mol. The van der Waals surface area contributed by atoms with E-state index in [4.69, 9.17) is 0 Å². The average Bonchev–Trinajstić information content (AvgIpc) is 2.99. The molecule has 0 spiro atoms. The Morgan fingerprint density at radius 1 is 1.05 bits per heavy atom. The van der Waals surface area contributed by atoms with E-state index < -0.39 is 4.92 Å². The van der Waals surface area contributed by atoms with Crippen molar-refractivity contribution >= 4 is 22.1 Å². The molecule has 2 aromatic carbocycles. The van der Waals surface area contributed by atoms with Crippen LogP contribution in [-0.4, -0.2) is 14.3 Å². The molecule has 0 radical (unpaired) electrons. The highest BCUT2D eigenvalue weighted by Crippen LogP contribution is 2.26. The Hall–Kier alpha value is -3.21. The molecule has 0 aliphatic rings. The van der Waals surface area contributed by atoms with Gasteiger partial charge in [0.25, 0.3) is 5.69 Å². The van der Waals surface area contributed by atoms with Gasteiger partial charge in [0.1, 0.15) is 5.65 Å². The summed E-state index contributed by atoms with van der Waals surface area (Å²) in [6.45, 7) is 0. The normalized spacial score (nSPS) is 11.1. The van der Waals surface area contributed by atoms with E-state index in [0.29, 0.717) is 0 Å². The highest BCUT2D eigenvalue weighted by molar-refractivity contribution is 5.94. The average molecular weight is 289 g/mol. The van der Waals surface area contributed by atoms with Crippen molar-refractivity contribution in [1.29, 1.82) is 0 Å². The largest absolute Gasteiger partial charge is 0.306 e. The molecule has 0 fully saturated rings. The molecule has 2 heterocycles. The summed E-state index contributed by atoms with van der Waals surface area (Å²) < 4.78 is 1.94. The lowest BCUT2D eigenvalue weighted by Crippen LogP contribution is -1.87. The summed E-state index contributed by atoms with van der Waals surface area (Å²) in [5.41, 5.74) is 2.38. The highest BCUT2D eigenvalue weighted by atomic mass is 16.6. The predicted molar refractivity (Wildman–Crippen MR) is 84.8 cm³/mol. The minimum Gasteiger partial charge on any atom is -0.306 e. The molecule has 106 valence electrons. The Morgan fingerprint density at radius 2 is 1.91 bits per heavy atom. The fourth-order valence-electron chi connectivity index (χ4n) is 2.63. The molecular weight excluding hydrogens is 278 g/mol. The Morgan fingerprint density at radius 3 is 2.77 bits per heavy atom. The van der Waals surface area contributed by atoms with E-state index in [0.717, 1.165) is 27.7 Å². The molecule has 0 atom stereocenters. The van der Waals surface area contributed by atoms with E-state index in [1.807, 2.05) is 53.2 Å². The third-order valence-electron chi connectivity index (χ3n) is 3.70. The first-order valence-corrected chi connectivity index (χ1v) is 6.84. The molecule has 0 N–H and O–H groups in total. The van der Waals surface area contributed by atoms with Gasteiger partial charge in [0.2, 0.25) is 0 Å². The zero-order valence-electron chi connectivity index (χ0n) is 11.5. The van der Waals surface area contributed by atoms with Crippen molar-refractivity contribution in [3.8, 4) is 11.3 Å². The van der Waals surface area contributed by atoms with Crippen molar-refractivity contribution in [3.63, 3.8) is 0 Å². The molecule has 0 amide bonds. The van der Waals surface area contributed by atoms with Gasteiger partial charge in [0.05, 0.1) is 10.6 Å². The summed E-state index contributed by atoms with van der Waals surface area (Å²) in [6.07, 6.45) is 3.84. The topological polar surface area (TPSA) is 60.4 Å². The molecule has 5 nitrogen and oxygen atoms in total. The zero-order valence-corrected chi connectivity index (χ0v) is 11.5. The van der Waals surface area contributed by atoms with E-state index in [-0.39, 0.29) is 5.69 Å². The van der Waals surface area contributed by atoms with Crippen LogP contribution in [0, 0.1) is 10.1 Å². The van der Waals surface area contributed by atoms with Crippen LogP contribution in [0.2, 0.25) is 0 Å². The van der Waals surface area contributed by atoms with Crippen LogP contribution in [0.25, 0.3) is 27.7 Å². The number of imidazole rings is 1. The van der Waals surface area contributed by atoms with Crippen molar-refractivity contribution in [3.05, 3.63) is 77.1 Å². The first kappa shape index (κ1) is 12.5. The summed E-state index contributed by atoms with van der Waals surface area (Å²) in [5.74, 6) is 0. The number of rotatable bonds is 2. The maximum Gasteiger partial charge on any atom is 0.270 e. The minimum absolute atomic E-state index is 0.0689. The van der Waals surface area contributed by atoms with Gasteiger partial charge in [0.15, 0.2) is 0 Å². The second kappa shape index (κ2) is 4.66. The van der Waals surface area contributed by atoms with Gasteiger partial charge in [-0.1, -0.05) is 36.4 Å². The van der Waals surface area contributed by atoms with Gasteiger partial charge in [-0.05, 0) is 11.5 Å². The van der Waals surface area contributed by atoms with Gasteiger partial charge in [-0.15, -0.1) is 0 Å². The number of non-ortho nitro benzene ring substituents is 1. The second-order valence-electron chi connectivity index (χ2n) is 5.07. The van der Waals surface area contributed by atoms with Crippen LogP contribution in [0.15, 0.2) is 67.0 Å². The molecule has 22 heavy (non-hydrogen) atoms. The maximum atomic E-state index is 10.9. The Bertz CT molecular complexity index is 1020. The number of pyridine rings is 1. The molecule has 0 aliphatic heterocycles. The van der Waals surface area contributed by atoms with E-state index in [1.165, 1.54) is 6.07 Å². The van der Waals surface area contributed by atoms with Crippen LogP contribution in [-0.2, 0) is 0 Å². The van der Waals surface area contributed by atoms with Gasteiger partial charge in [-0.3, -0.25) is 10.1 Å². The second-order valence-corrected chi connectivity index (χ2v) is 5.07. The molecule has 0 bridgehead atoms. The van der Waals surface area contributed by atoms with Crippen molar-refractivity contribution in [2.75, 3.05) is 0 Å². The van der Waals surface area contributed by atoms with Crippen LogP contribution in [0.3, 0.4) is 0 Å². The van der Waals surface area contributed by atoms with Crippen molar-refractivity contribution in [1.82, 2.24) is 9.38 Å². The van der Waals surface area contributed by atoms with Crippen LogP contribution < -0.4 is 0 Å². The molecule has 0 saturated carbocycles. The first-order valence-electron chi connectivity index (χ1n) is 6.84. The number of nitro benzene ring substituents is 1. The fraction of sp³-hybridized carbons (Fsp3) is 0. The summed E-state index contributed by atoms with van der Waals surface area (Å²) >= 11 is 0. The Balaban J connectivity index is 1.95. The zero-order chi connectivity index (χ0) is 15.1. The van der Waals surface area contributed by atoms with E-state index >= 15 is 0 Å². The molecule has 4 aromatic rings. The lowest BCUT2D eigenvalue weighted by Gasteiger charge is -1.98. The lowest BCUT2D eigenvalue weighted by molar-refractivity contribution is -0.384. The van der Waals surface area contributed by atoms with Crippen molar-refractivity contribution < 1.29 is 4.92 Å². The molecule has 0 unspecified atom stereocenters. The first-order chi connectivity index (χ1) is 10.7. The number of nitrogens with zero attached hydrogens (tertiary/aromatic N) is 3. The number of fused-ring (bicyclic) bond motifs is 3. The van der Waals surface area contributed by atoms with Gasteiger partial charge in [-0.25, -0.2) is 4.98 Å². The number of hydrogen-bond acceptors (Lipinski definition) is 3. The van der Waals surface area contributed by atoms with Crippen LogP contribution in [0.5, 0.6) is 0 Å². The van der Waals surface area contributed by atoms with Gasteiger partial charge < -0.3 is 4.40 Å². The molecule has 0 saturated heterocycles. The number of hydrogen-bond donors (Lipinski definition) is 0. The molecular formula is C17H11N3O2. The SMILES string of the molecule is O=[N+]([O-])c1cccc(-c2cn3ccc4ccccc4c3n2)c1. The number of aromatic nitrogens is 2. The molecule has 0 aliphatic carbocycles. The van der Waals surface area contributed by atoms with E-state index in [2.05, 4.69) is 4.98 Å². The third-order valence-corrected chi connectivity index (χ3v) is 3.70. The van der Waals surface area contributed by atoms with Crippen LogP contribution in [0.1, 0.15) is 0 Å². The van der Waals surface area contributed by atoms with Crippen LogP contribution in [0.4, 0.5) is 5.69 Å². The smallest absolute Gasteiger partial charge is 0.270 e. The third kappa shape index (κ3) is 1.91. The molecule has 2 aromatic heterocycles. The van der Waals surface area contributed by atoms with E-state index in [9.17, 15) is 10.1 Å². The summed E-state index contributed by atoms with van der Waals surface area (Å²) in [6, 6.07) is 16.6. The highest BCUT2D eigenvalue weighted by Gasteiger charge is 2.11. The predicted octanol–water partition coefficient (Wildman–Crippen LogP) is 4.06. The minimum atomic E-state index is -0.394. The van der Waals surface area contributed by atoms with Crippen LogP contribution >= 0.6 is 0 Å². The summed E-state index contributed by atoms with van der Waals surface area (Å²) in [7, 11) is 0. The lowest BCUT2D eigenvalue weighted by atomic mass is 10.1. The fourth-order valence-corrected chi connectivity index (χ4v) is 2.63. The maximum absolute atomic E-state index is 10.9. The summed E-state index contributed by atoms with van der Waals surface area (Å²) in [5, 5.41) is 13.1. The quantitative estimate of drug-likeness (QED) is 0.413. The summed E-state index contributed by atoms with van der Waals surface area (Å²) in [4.78, 5) is 15.2. The standard InChI is InChI=1S/C17H11N3O2/c21-20(22)14-6-3-5-13(10-14)16-11-19-9-8-12-4-1-2-7-15(12)17(19)18-16/h1-11H. The van der Waals surface area contributed by atoms with Gasteiger partial charge in [-0.2, -0.15) is 0 Å². The van der Waals surface area contributed by atoms with Gasteiger partial charge >= 0.3 is 0 Å². The van der Waals surface area contributed by atoms with Crippen molar-refractivity contribution in [2.24, 2.45) is 0 Å². The Kier molecular flexibility index (Phi) is 2.66.